The van der Waals surface area contributed by atoms with E-state index < -0.39 is 0 Å². The first kappa shape index (κ1) is 28.9. The second kappa shape index (κ2) is 18.0. The summed E-state index contributed by atoms with van der Waals surface area (Å²) in [4.78, 5) is 0. The lowest BCUT2D eigenvalue weighted by Gasteiger charge is -2.30. The molecule has 2 rings (SSSR count). The van der Waals surface area contributed by atoms with E-state index in [4.69, 9.17) is 28.4 Å². The molecule has 0 fully saturated rings. The largest absolute Gasteiger partial charge is 0.487 e. The molecule has 196 valence electrons. The lowest BCUT2D eigenvalue weighted by atomic mass is 9.76. The average molecular weight is 481 g/mol. The zero-order valence-electron chi connectivity index (χ0n) is 21.9. The standard InChI is InChI=1S/C28H48O6/c1-4-6-7-8-9-10-13-28(3,5-2)25-11-12-26-27(24-25)34-23-21-32-19-17-30-15-14-29-16-18-31-20-22-33-26/h11-12,24H,4-10,13-23H2,1-3H3/t28-/m0/s1. The van der Waals surface area contributed by atoms with E-state index in [1.54, 1.807) is 0 Å². The number of ether oxygens (including phenoxy) is 6. The highest BCUT2D eigenvalue weighted by Crippen LogP contribution is 2.38. The van der Waals surface area contributed by atoms with Gasteiger partial charge < -0.3 is 28.4 Å². The van der Waals surface area contributed by atoms with Crippen molar-refractivity contribution in [1.82, 2.24) is 0 Å². The minimum Gasteiger partial charge on any atom is -0.487 e. The van der Waals surface area contributed by atoms with Crippen LogP contribution in [0.4, 0.5) is 0 Å². The second-order valence-corrected chi connectivity index (χ2v) is 9.24. The second-order valence-electron chi connectivity index (χ2n) is 9.24. The first-order chi connectivity index (χ1) is 16.7. The molecule has 0 saturated carbocycles. The first-order valence-corrected chi connectivity index (χ1v) is 13.4. The van der Waals surface area contributed by atoms with Crippen LogP contribution in [0, 0.1) is 0 Å². The zero-order chi connectivity index (χ0) is 24.3. The third-order valence-corrected chi connectivity index (χ3v) is 6.59. The molecule has 6 heteroatoms. The van der Waals surface area contributed by atoms with Crippen LogP contribution >= 0.6 is 0 Å². The predicted molar refractivity (Wildman–Crippen MR) is 136 cm³/mol. The van der Waals surface area contributed by atoms with Crippen molar-refractivity contribution in [2.45, 2.75) is 77.6 Å². The van der Waals surface area contributed by atoms with Gasteiger partial charge in [-0.15, -0.1) is 0 Å². The SMILES string of the molecule is CCCCCCCC[C@](C)(CC)c1ccc2c(c1)OCCOCCOCCOCCOCCO2. The molecule has 0 saturated heterocycles. The van der Waals surface area contributed by atoms with Crippen molar-refractivity contribution in [3.63, 3.8) is 0 Å². The van der Waals surface area contributed by atoms with Gasteiger partial charge in [0.1, 0.15) is 13.2 Å². The van der Waals surface area contributed by atoms with Gasteiger partial charge in [0.05, 0.1) is 52.9 Å². The highest BCUT2D eigenvalue weighted by atomic mass is 16.6. The Morgan fingerprint density at radius 1 is 0.618 bits per heavy atom. The van der Waals surface area contributed by atoms with E-state index in [1.165, 1.54) is 50.5 Å². The summed E-state index contributed by atoms with van der Waals surface area (Å²) in [6.07, 6.45) is 10.2. The quantitative estimate of drug-likeness (QED) is 0.408. The van der Waals surface area contributed by atoms with Crippen LogP contribution in [0.25, 0.3) is 0 Å². The molecule has 1 aromatic rings. The maximum absolute atomic E-state index is 6.13. The van der Waals surface area contributed by atoms with Crippen LogP contribution in [0.5, 0.6) is 11.5 Å². The van der Waals surface area contributed by atoms with Crippen molar-refractivity contribution >= 4 is 0 Å². The normalized spacial score (nSPS) is 19.0. The molecule has 0 N–H and O–H groups in total. The molecule has 1 aliphatic rings. The van der Waals surface area contributed by atoms with E-state index in [0.29, 0.717) is 66.1 Å². The molecule has 1 atom stereocenters. The lowest BCUT2D eigenvalue weighted by molar-refractivity contribution is -0.00842. The van der Waals surface area contributed by atoms with Gasteiger partial charge >= 0.3 is 0 Å². The maximum Gasteiger partial charge on any atom is 0.161 e. The van der Waals surface area contributed by atoms with Crippen molar-refractivity contribution in [3.8, 4) is 11.5 Å². The molecule has 0 spiro atoms. The third kappa shape index (κ3) is 11.4. The Kier molecular flexibility index (Phi) is 15.3. The lowest BCUT2D eigenvalue weighted by Crippen LogP contribution is -2.21. The van der Waals surface area contributed by atoms with Crippen LogP contribution in [0.15, 0.2) is 18.2 Å². The predicted octanol–water partition coefficient (Wildman–Crippen LogP) is 5.94. The third-order valence-electron chi connectivity index (χ3n) is 6.59. The minimum atomic E-state index is 0.131. The Morgan fingerprint density at radius 2 is 1.12 bits per heavy atom. The number of hydrogen-bond donors (Lipinski definition) is 0. The number of fused-ring (bicyclic) bond motifs is 1. The van der Waals surface area contributed by atoms with E-state index >= 15 is 0 Å². The van der Waals surface area contributed by atoms with E-state index in [9.17, 15) is 0 Å². The van der Waals surface area contributed by atoms with E-state index in [-0.39, 0.29) is 5.41 Å². The van der Waals surface area contributed by atoms with Gasteiger partial charge in [0.25, 0.3) is 0 Å². The fourth-order valence-corrected chi connectivity index (χ4v) is 4.12. The summed E-state index contributed by atoms with van der Waals surface area (Å²) in [6.45, 7) is 12.2. The first-order valence-electron chi connectivity index (χ1n) is 13.4. The van der Waals surface area contributed by atoms with Crippen LogP contribution < -0.4 is 9.47 Å². The molecular formula is C28H48O6. The minimum absolute atomic E-state index is 0.131. The van der Waals surface area contributed by atoms with E-state index in [0.717, 1.165) is 17.9 Å². The molecule has 0 aromatic heterocycles. The molecule has 0 aliphatic carbocycles. The molecule has 1 aromatic carbocycles. The smallest absolute Gasteiger partial charge is 0.161 e. The summed E-state index contributed by atoms with van der Waals surface area (Å²) in [7, 11) is 0. The summed E-state index contributed by atoms with van der Waals surface area (Å²) in [6, 6.07) is 6.43. The maximum atomic E-state index is 6.13. The van der Waals surface area contributed by atoms with Gasteiger partial charge in [-0.3, -0.25) is 0 Å². The Bertz CT molecular complexity index is 637. The molecule has 0 amide bonds. The average Bonchev–Trinajstić information content (AvgIpc) is 2.85. The van der Waals surface area contributed by atoms with Gasteiger partial charge in [0.15, 0.2) is 11.5 Å². The molecule has 0 radical (unpaired) electrons. The van der Waals surface area contributed by atoms with Crippen molar-refractivity contribution < 1.29 is 28.4 Å². The van der Waals surface area contributed by atoms with Crippen molar-refractivity contribution in [2.75, 3.05) is 66.1 Å². The van der Waals surface area contributed by atoms with Crippen molar-refractivity contribution in [3.05, 3.63) is 23.8 Å². The van der Waals surface area contributed by atoms with Crippen LogP contribution in [-0.4, -0.2) is 66.1 Å². The van der Waals surface area contributed by atoms with Crippen LogP contribution in [0.1, 0.15) is 77.7 Å². The molecule has 0 bridgehead atoms. The highest BCUT2D eigenvalue weighted by molar-refractivity contribution is 5.45. The fourth-order valence-electron chi connectivity index (χ4n) is 4.12. The Labute approximate surface area is 207 Å². The molecule has 1 heterocycles. The van der Waals surface area contributed by atoms with Gasteiger partial charge in [-0.05, 0) is 36.0 Å². The summed E-state index contributed by atoms with van der Waals surface area (Å²) in [5.41, 5.74) is 1.45. The van der Waals surface area contributed by atoms with E-state index in [1.807, 2.05) is 0 Å². The molecule has 1 aliphatic heterocycles. The summed E-state index contributed by atoms with van der Waals surface area (Å²) in [5, 5.41) is 0. The van der Waals surface area contributed by atoms with Gasteiger partial charge in [0, 0.05) is 0 Å². The molecular weight excluding hydrogens is 432 g/mol. The van der Waals surface area contributed by atoms with Crippen molar-refractivity contribution in [2.24, 2.45) is 0 Å². The Morgan fingerprint density at radius 3 is 1.68 bits per heavy atom. The van der Waals surface area contributed by atoms with Crippen molar-refractivity contribution in [1.29, 1.82) is 0 Å². The summed E-state index contributed by atoms with van der Waals surface area (Å²) in [5.74, 6) is 1.54. The number of benzene rings is 1. The fraction of sp³-hybridized carbons (Fsp3) is 0.786. The Balaban J connectivity index is 2.00. The van der Waals surface area contributed by atoms with Crippen LogP contribution in [0.3, 0.4) is 0 Å². The van der Waals surface area contributed by atoms with Gasteiger partial charge in [0.2, 0.25) is 0 Å². The Hall–Kier alpha value is -1.34. The molecule has 0 unspecified atom stereocenters. The zero-order valence-corrected chi connectivity index (χ0v) is 21.9. The van der Waals surface area contributed by atoms with E-state index in [2.05, 4.69) is 39.0 Å². The van der Waals surface area contributed by atoms with Gasteiger partial charge in [-0.2, -0.15) is 0 Å². The highest BCUT2D eigenvalue weighted by Gasteiger charge is 2.25. The number of hydrogen-bond acceptors (Lipinski definition) is 6. The van der Waals surface area contributed by atoms with Crippen LogP contribution in [-0.2, 0) is 24.4 Å². The molecule has 6 nitrogen and oxygen atoms in total. The van der Waals surface area contributed by atoms with Gasteiger partial charge in [-0.1, -0.05) is 65.4 Å². The van der Waals surface area contributed by atoms with Crippen LogP contribution in [0.2, 0.25) is 0 Å². The monoisotopic (exact) mass is 480 g/mol. The van der Waals surface area contributed by atoms with Gasteiger partial charge in [-0.25, -0.2) is 0 Å². The molecule has 34 heavy (non-hydrogen) atoms. The summed E-state index contributed by atoms with van der Waals surface area (Å²) >= 11 is 0. The number of rotatable bonds is 9. The number of unbranched alkanes of at least 4 members (excludes halogenated alkanes) is 5. The topological polar surface area (TPSA) is 55.4 Å². The summed E-state index contributed by atoms with van der Waals surface area (Å²) < 4.78 is 34.4.